The smallest absolute Gasteiger partial charge is 0.243 e. The van der Waals surface area contributed by atoms with Gasteiger partial charge in [0.25, 0.3) is 0 Å². The van der Waals surface area contributed by atoms with Crippen LogP contribution in [0.1, 0.15) is 30.4 Å². The Hall–Kier alpha value is -2.22. The average Bonchev–Trinajstić information content (AvgIpc) is 3.05. The van der Waals surface area contributed by atoms with E-state index < -0.39 is 10.0 Å². The number of rotatable bonds is 4. The van der Waals surface area contributed by atoms with Crippen molar-refractivity contribution >= 4 is 21.6 Å². The summed E-state index contributed by atoms with van der Waals surface area (Å²) in [5, 5.41) is 2.83. The lowest BCUT2D eigenvalue weighted by Gasteiger charge is -2.35. The molecule has 158 valence electrons. The van der Waals surface area contributed by atoms with E-state index in [-0.39, 0.29) is 11.9 Å². The molecule has 1 N–H and O–H groups in total. The van der Waals surface area contributed by atoms with E-state index in [1.54, 1.807) is 22.5 Å². The first-order valence-electron chi connectivity index (χ1n) is 10.7. The van der Waals surface area contributed by atoms with Crippen molar-refractivity contribution in [2.45, 2.75) is 43.2 Å². The highest BCUT2D eigenvalue weighted by Gasteiger charge is 2.41. The van der Waals surface area contributed by atoms with Gasteiger partial charge in [-0.2, -0.15) is 4.31 Å². The molecule has 0 spiro atoms. The van der Waals surface area contributed by atoms with Crippen LogP contribution in [0.15, 0.2) is 53.4 Å². The molecule has 30 heavy (non-hydrogen) atoms. The Morgan fingerprint density at radius 3 is 2.63 bits per heavy atom. The van der Waals surface area contributed by atoms with Gasteiger partial charge >= 0.3 is 0 Å². The summed E-state index contributed by atoms with van der Waals surface area (Å²) in [6.07, 6.45) is 2.98. The molecule has 2 atom stereocenters. The van der Waals surface area contributed by atoms with Crippen molar-refractivity contribution in [2.75, 3.05) is 25.0 Å². The first-order chi connectivity index (χ1) is 14.5. The van der Waals surface area contributed by atoms with Crippen molar-refractivity contribution in [1.29, 1.82) is 0 Å². The Balaban J connectivity index is 1.38. The summed E-state index contributed by atoms with van der Waals surface area (Å²) in [5.74, 6) is 0.348. The summed E-state index contributed by atoms with van der Waals surface area (Å²) < 4.78 is 28.9. The van der Waals surface area contributed by atoms with Crippen molar-refractivity contribution in [2.24, 2.45) is 5.92 Å². The second-order valence-corrected chi connectivity index (χ2v) is 10.6. The van der Waals surface area contributed by atoms with Gasteiger partial charge in [0.2, 0.25) is 15.9 Å². The molecule has 0 saturated carbocycles. The Morgan fingerprint density at radius 2 is 1.80 bits per heavy atom. The Bertz CT molecular complexity index is 1050. The molecule has 6 rings (SSSR count). The summed E-state index contributed by atoms with van der Waals surface area (Å²) in [7, 11) is -3.57. The fourth-order valence-electron chi connectivity index (χ4n) is 5.06. The standard InChI is InChI=1S/C23H27N3O3S/c27-23-11-7-19-12-21(9-10-22(19)24-23)30(28,29)26-15-18-6-8-20(26)16-25(14-18)13-17-4-2-1-3-5-17/h1-5,9-10,12,18,20H,6-8,11,13-16H2,(H,24,27)/t18-,20+/m1/s1. The first-order valence-corrected chi connectivity index (χ1v) is 12.1. The molecule has 4 aliphatic rings. The normalized spacial score (nSPS) is 24.9. The molecule has 7 heteroatoms. The zero-order valence-electron chi connectivity index (χ0n) is 17.0. The molecule has 3 fully saturated rings. The van der Waals surface area contributed by atoms with Crippen molar-refractivity contribution in [3.63, 3.8) is 0 Å². The van der Waals surface area contributed by atoms with E-state index >= 15 is 0 Å². The summed E-state index contributed by atoms with van der Waals surface area (Å²) >= 11 is 0. The summed E-state index contributed by atoms with van der Waals surface area (Å²) in [5.41, 5.74) is 2.91. The van der Waals surface area contributed by atoms with Crippen LogP contribution in [-0.4, -0.2) is 49.2 Å². The van der Waals surface area contributed by atoms with E-state index in [4.69, 9.17) is 0 Å². The number of amides is 1. The Morgan fingerprint density at radius 1 is 0.967 bits per heavy atom. The molecule has 6 nitrogen and oxygen atoms in total. The zero-order valence-corrected chi connectivity index (χ0v) is 17.8. The second kappa shape index (κ2) is 7.80. The van der Waals surface area contributed by atoms with E-state index in [1.165, 1.54) is 5.56 Å². The van der Waals surface area contributed by atoms with Gasteiger partial charge in [-0.1, -0.05) is 30.3 Å². The number of nitrogens with one attached hydrogen (secondary N) is 1. The number of nitrogens with zero attached hydrogens (tertiary/aromatic N) is 2. The molecule has 4 heterocycles. The van der Waals surface area contributed by atoms with Crippen molar-refractivity contribution in [1.82, 2.24) is 9.21 Å². The fraction of sp³-hybridized carbons (Fsp3) is 0.435. The monoisotopic (exact) mass is 425 g/mol. The van der Waals surface area contributed by atoms with Gasteiger partial charge in [0.1, 0.15) is 0 Å². The van der Waals surface area contributed by atoms with Crippen LogP contribution in [0.4, 0.5) is 5.69 Å². The summed E-state index contributed by atoms with van der Waals surface area (Å²) in [6.45, 7) is 3.16. The molecule has 3 saturated heterocycles. The largest absolute Gasteiger partial charge is 0.326 e. The number of sulfonamides is 1. The summed E-state index contributed by atoms with van der Waals surface area (Å²) in [6, 6.07) is 15.5. The van der Waals surface area contributed by atoms with Crippen LogP contribution in [0.25, 0.3) is 0 Å². The molecular weight excluding hydrogens is 398 g/mol. The molecule has 2 bridgehead atoms. The van der Waals surface area contributed by atoms with E-state index in [0.717, 1.165) is 43.7 Å². The minimum atomic E-state index is -3.57. The maximum atomic E-state index is 13.6. The Kier molecular flexibility index (Phi) is 5.13. The van der Waals surface area contributed by atoms with Gasteiger partial charge in [-0.05, 0) is 54.5 Å². The number of carbonyl (C=O) groups excluding carboxylic acids is 1. The van der Waals surface area contributed by atoms with Gasteiger partial charge in [0, 0.05) is 44.3 Å². The Labute approximate surface area is 177 Å². The molecule has 2 aromatic rings. The maximum absolute atomic E-state index is 13.6. The highest BCUT2D eigenvalue weighted by Crippen LogP contribution is 2.34. The van der Waals surface area contributed by atoms with E-state index in [1.807, 2.05) is 6.07 Å². The maximum Gasteiger partial charge on any atom is 0.243 e. The lowest BCUT2D eigenvalue weighted by atomic mass is 9.97. The van der Waals surface area contributed by atoms with Crippen molar-refractivity contribution in [3.8, 4) is 0 Å². The number of piperidine rings is 1. The molecule has 0 aliphatic carbocycles. The minimum Gasteiger partial charge on any atom is -0.326 e. The first kappa shape index (κ1) is 19.7. The number of anilines is 1. The predicted molar refractivity (Wildman–Crippen MR) is 116 cm³/mol. The number of hydrogen-bond donors (Lipinski definition) is 1. The zero-order chi connectivity index (χ0) is 20.7. The quantitative estimate of drug-likeness (QED) is 0.818. The van der Waals surface area contributed by atoms with Crippen LogP contribution in [0.5, 0.6) is 0 Å². The third-order valence-corrected chi connectivity index (χ3v) is 8.48. The highest BCUT2D eigenvalue weighted by atomic mass is 32.2. The number of carbonyl (C=O) groups is 1. The predicted octanol–water partition coefficient (Wildman–Crippen LogP) is 2.86. The molecule has 1 amide bonds. The third kappa shape index (κ3) is 3.77. The van der Waals surface area contributed by atoms with Crippen LogP contribution in [0.2, 0.25) is 0 Å². The lowest BCUT2D eigenvalue weighted by Crippen LogP contribution is -2.47. The number of benzene rings is 2. The van der Waals surface area contributed by atoms with Gasteiger partial charge in [-0.3, -0.25) is 9.69 Å². The van der Waals surface area contributed by atoms with Crippen LogP contribution in [0.3, 0.4) is 0 Å². The molecule has 0 unspecified atom stereocenters. The second-order valence-electron chi connectivity index (χ2n) is 8.72. The van der Waals surface area contributed by atoms with Gasteiger partial charge < -0.3 is 5.32 Å². The molecule has 0 aromatic heterocycles. The van der Waals surface area contributed by atoms with Crippen LogP contribution in [-0.2, 0) is 27.8 Å². The van der Waals surface area contributed by atoms with Crippen molar-refractivity contribution in [3.05, 3.63) is 59.7 Å². The van der Waals surface area contributed by atoms with Gasteiger partial charge in [-0.25, -0.2) is 8.42 Å². The van der Waals surface area contributed by atoms with Crippen LogP contribution in [0, 0.1) is 5.92 Å². The SMILES string of the molecule is O=C1CCc2cc(S(=O)(=O)N3C[C@@H]4CC[C@H]3CN(Cc3ccccc3)C4)ccc2N1. The van der Waals surface area contributed by atoms with E-state index in [0.29, 0.717) is 30.2 Å². The molecular formula is C23H27N3O3S. The van der Waals surface area contributed by atoms with Gasteiger partial charge in [-0.15, -0.1) is 0 Å². The average molecular weight is 426 g/mol. The van der Waals surface area contributed by atoms with E-state index in [2.05, 4.69) is 34.5 Å². The van der Waals surface area contributed by atoms with E-state index in [9.17, 15) is 13.2 Å². The van der Waals surface area contributed by atoms with Crippen LogP contribution < -0.4 is 5.32 Å². The number of aryl methyl sites for hydroxylation is 1. The summed E-state index contributed by atoms with van der Waals surface area (Å²) in [4.78, 5) is 14.4. The van der Waals surface area contributed by atoms with Gasteiger partial charge in [0.15, 0.2) is 0 Å². The molecule has 2 aromatic carbocycles. The minimum absolute atomic E-state index is 0.00759. The molecule has 0 radical (unpaired) electrons. The fourth-order valence-corrected chi connectivity index (χ4v) is 6.83. The lowest BCUT2D eigenvalue weighted by molar-refractivity contribution is -0.116. The topological polar surface area (TPSA) is 69.7 Å². The van der Waals surface area contributed by atoms with Crippen LogP contribution >= 0.6 is 0 Å². The number of fused-ring (bicyclic) bond motifs is 5. The van der Waals surface area contributed by atoms with Gasteiger partial charge in [0.05, 0.1) is 4.90 Å². The molecule has 4 aliphatic heterocycles. The highest BCUT2D eigenvalue weighted by molar-refractivity contribution is 7.89. The van der Waals surface area contributed by atoms with Crippen molar-refractivity contribution < 1.29 is 13.2 Å². The third-order valence-electron chi connectivity index (χ3n) is 6.57. The number of hydrogen-bond acceptors (Lipinski definition) is 4.